The fourth-order valence-corrected chi connectivity index (χ4v) is 2.79. The lowest BCUT2D eigenvalue weighted by atomic mass is 9.86. The van der Waals surface area contributed by atoms with Crippen molar-refractivity contribution in [2.24, 2.45) is 5.92 Å². The van der Waals surface area contributed by atoms with Gasteiger partial charge in [-0.25, -0.2) is 0 Å². The molecule has 1 saturated carbocycles. The normalized spacial score (nSPS) is 21.3. The standard InChI is InChI=1S/C16H22N2O4/c1-2-22-16(19)13-5-7-14(8-6-13)17-11-12-3-9-15(10-4-12)18(20)21/h3-4,9-10,13-14,17H,2,5-8,11H2,1H3. The zero-order valence-electron chi connectivity index (χ0n) is 12.8. The Morgan fingerprint density at radius 2 is 1.91 bits per heavy atom. The maximum absolute atomic E-state index is 11.7. The number of carbonyl (C=O) groups is 1. The van der Waals surface area contributed by atoms with Crippen molar-refractivity contribution in [2.45, 2.75) is 45.2 Å². The molecule has 1 aliphatic carbocycles. The first kappa shape index (κ1) is 16.4. The SMILES string of the molecule is CCOC(=O)C1CCC(NCc2ccc([N+](=O)[O-])cc2)CC1. The van der Waals surface area contributed by atoms with E-state index in [4.69, 9.17) is 4.74 Å². The summed E-state index contributed by atoms with van der Waals surface area (Å²) in [5.74, 6) is -0.0336. The second kappa shape index (κ2) is 7.89. The van der Waals surface area contributed by atoms with Gasteiger partial charge in [-0.15, -0.1) is 0 Å². The molecule has 1 aliphatic rings. The quantitative estimate of drug-likeness (QED) is 0.496. The number of nitro groups is 1. The van der Waals surface area contributed by atoms with Gasteiger partial charge in [0.2, 0.25) is 0 Å². The number of nitro benzene ring substituents is 1. The van der Waals surface area contributed by atoms with Crippen LogP contribution in [0.4, 0.5) is 5.69 Å². The Balaban J connectivity index is 1.74. The minimum atomic E-state index is -0.395. The van der Waals surface area contributed by atoms with Gasteiger partial charge in [-0.2, -0.15) is 0 Å². The van der Waals surface area contributed by atoms with Crippen LogP contribution in [0.5, 0.6) is 0 Å². The number of carbonyl (C=O) groups excluding carboxylic acids is 1. The molecule has 1 aromatic rings. The number of rotatable bonds is 6. The second-order valence-electron chi connectivity index (χ2n) is 5.61. The van der Waals surface area contributed by atoms with Crippen molar-refractivity contribution in [1.82, 2.24) is 5.32 Å². The highest BCUT2D eigenvalue weighted by atomic mass is 16.6. The van der Waals surface area contributed by atoms with Crippen molar-refractivity contribution in [3.63, 3.8) is 0 Å². The molecule has 6 heteroatoms. The van der Waals surface area contributed by atoms with E-state index in [0.29, 0.717) is 19.2 Å². The number of hydrogen-bond acceptors (Lipinski definition) is 5. The highest BCUT2D eigenvalue weighted by Crippen LogP contribution is 2.25. The highest BCUT2D eigenvalue weighted by molar-refractivity contribution is 5.72. The fraction of sp³-hybridized carbons (Fsp3) is 0.562. The smallest absolute Gasteiger partial charge is 0.308 e. The molecule has 22 heavy (non-hydrogen) atoms. The van der Waals surface area contributed by atoms with Gasteiger partial charge < -0.3 is 10.1 Å². The van der Waals surface area contributed by atoms with Crippen LogP contribution >= 0.6 is 0 Å². The third-order valence-corrected chi connectivity index (χ3v) is 4.09. The molecule has 0 spiro atoms. The third-order valence-electron chi connectivity index (χ3n) is 4.09. The monoisotopic (exact) mass is 306 g/mol. The van der Waals surface area contributed by atoms with Crippen LogP contribution in [0.15, 0.2) is 24.3 Å². The highest BCUT2D eigenvalue weighted by Gasteiger charge is 2.26. The average Bonchev–Trinajstić information content (AvgIpc) is 2.54. The molecule has 0 radical (unpaired) electrons. The summed E-state index contributed by atoms with van der Waals surface area (Å²) in [4.78, 5) is 21.9. The van der Waals surface area contributed by atoms with E-state index < -0.39 is 4.92 Å². The Bertz CT molecular complexity index is 507. The van der Waals surface area contributed by atoms with E-state index in [0.717, 1.165) is 31.2 Å². The maximum Gasteiger partial charge on any atom is 0.308 e. The molecule has 0 amide bonds. The summed E-state index contributed by atoms with van der Waals surface area (Å²) >= 11 is 0. The third kappa shape index (κ3) is 4.53. The Kier molecular flexibility index (Phi) is 5.89. The van der Waals surface area contributed by atoms with Gasteiger partial charge in [0.15, 0.2) is 0 Å². The van der Waals surface area contributed by atoms with Crippen molar-refractivity contribution in [1.29, 1.82) is 0 Å². The Morgan fingerprint density at radius 1 is 1.27 bits per heavy atom. The van der Waals surface area contributed by atoms with Gasteiger partial charge in [0.05, 0.1) is 17.4 Å². The van der Waals surface area contributed by atoms with E-state index in [1.807, 2.05) is 6.92 Å². The van der Waals surface area contributed by atoms with E-state index in [1.165, 1.54) is 12.1 Å². The summed E-state index contributed by atoms with van der Waals surface area (Å²) < 4.78 is 5.06. The molecule has 0 aliphatic heterocycles. The van der Waals surface area contributed by atoms with Gasteiger partial charge >= 0.3 is 5.97 Å². The van der Waals surface area contributed by atoms with Crippen LogP contribution in [0.25, 0.3) is 0 Å². The van der Waals surface area contributed by atoms with Crippen molar-refractivity contribution in [3.8, 4) is 0 Å². The molecule has 1 N–H and O–H groups in total. The zero-order valence-corrected chi connectivity index (χ0v) is 12.8. The number of hydrogen-bond donors (Lipinski definition) is 1. The van der Waals surface area contributed by atoms with Crippen molar-refractivity contribution in [3.05, 3.63) is 39.9 Å². The molecule has 0 unspecified atom stereocenters. The van der Waals surface area contributed by atoms with Crippen LogP contribution in [-0.4, -0.2) is 23.5 Å². The fourth-order valence-electron chi connectivity index (χ4n) is 2.79. The lowest BCUT2D eigenvalue weighted by Gasteiger charge is -2.28. The molecule has 120 valence electrons. The molecule has 0 aromatic heterocycles. The number of ether oxygens (including phenoxy) is 1. The van der Waals surface area contributed by atoms with Crippen LogP contribution in [0.1, 0.15) is 38.2 Å². The summed E-state index contributed by atoms with van der Waals surface area (Å²) in [5.41, 5.74) is 1.14. The van der Waals surface area contributed by atoms with Crippen LogP contribution < -0.4 is 5.32 Å². The maximum atomic E-state index is 11.7. The lowest BCUT2D eigenvalue weighted by Crippen LogP contribution is -2.35. The second-order valence-corrected chi connectivity index (χ2v) is 5.61. The number of nitrogens with one attached hydrogen (secondary N) is 1. The number of benzene rings is 1. The van der Waals surface area contributed by atoms with Crippen molar-refractivity contribution in [2.75, 3.05) is 6.61 Å². The predicted octanol–water partition coefficient (Wildman–Crippen LogP) is 2.81. The van der Waals surface area contributed by atoms with E-state index >= 15 is 0 Å². The topological polar surface area (TPSA) is 81.5 Å². The van der Waals surface area contributed by atoms with Crippen LogP contribution in [0, 0.1) is 16.0 Å². The minimum Gasteiger partial charge on any atom is -0.466 e. The molecular formula is C16H22N2O4. The lowest BCUT2D eigenvalue weighted by molar-refractivity contribution is -0.384. The summed E-state index contributed by atoms with van der Waals surface area (Å²) in [5, 5.41) is 14.1. The molecule has 0 atom stereocenters. The van der Waals surface area contributed by atoms with E-state index in [1.54, 1.807) is 12.1 Å². The number of non-ortho nitro benzene ring substituents is 1. The Hall–Kier alpha value is -1.95. The van der Waals surface area contributed by atoms with E-state index in [2.05, 4.69) is 5.32 Å². The van der Waals surface area contributed by atoms with Crippen LogP contribution in [0.3, 0.4) is 0 Å². The van der Waals surface area contributed by atoms with Crippen molar-refractivity contribution >= 4 is 11.7 Å². The Morgan fingerprint density at radius 3 is 2.45 bits per heavy atom. The van der Waals surface area contributed by atoms with Crippen LogP contribution in [0.2, 0.25) is 0 Å². The van der Waals surface area contributed by atoms with Gasteiger partial charge in [-0.05, 0) is 38.2 Å². The van der Waals surface area contributed by atoms with Crippen molar-refractivity contribution < 1.29 is 14.5 Å². The largest absolute Gasteiger partial charge is 0.466 e. The first-order valence-electron chi connectivity index (χ1n) is 7.73. The van der Waals surface area contributed by atoms with Gasteiger partial charge in [-0.1, -0.05) is 12.1 Å². The summed E-state index contributed by atoms with van der Waals surface area (Å²) in [6.45, 7) is 2.96. The first-order chi connectivity index (χ1) is 10.6. The zero-order chi connectivity index (χ0) is 15.9. The molecule has 2 rings (SSSR count). The Labute approximate surface area is 130 Å². The summed E-state index contributed by atoms with van der Waals surface area (Å²) in [6.07, 6.45) is 3.63. The minimum absolute atomic E-state index is 0.0392. The van der Waals surface area contributed by atoms with Gasteiger partial charge in [0.1, 0.15) is 0 Å². The summed E-state index contributed by atoms with van der Waals surface area (Å²) in [6, 6.07) is 6.98. The number of esters is 1. The molecule has 1 fully saturated rings. The van der Waals surface area contributed by atoms with Gasteiger partial charge in [0.25, 0.3) is 5.69 Å². The predicted molar refractivity (Wildman–Crippen MR) is 82.3 cm³/mol. The molecule has 0 bridgehead atoms. The first-order valence-corrected chi connectivity index (χ1v) is 7.73. The summed E-state index contributed by atoms with van der Waals surface area (Å²) in [7, 11) is 0. The molecule has 6 nitrogen and oxygen atoms in total. The van der Waals surface area contributed by atoms with E-state index in [9.17, 15) is 14.9 Å². The average molecular weight is 306 g/mol. The molecule has 1 aromatic carbocycles. The van der Waals surface area contributed by atoms with E-state index in [-0.39, 0.29) is 17.6 Å². The van der Waals surface area contributed by atoms with Gasteiger partial charge in [-0.3, -0.25) is 14.9 Å². The molecule has 0 heterocycles. The van der Waals surface area contributed by atoms with Crippen LogP contribution in [-0.2, 0) is 16.1 Å². The van der Waals surface area contributed by atoms with Gasteiger partial charge in [0, 0.05) is 24.7 Å². The molecule has 0 saturated heterocycles. The number of nitrogens with zero attached hydrogens (tertiary/aromatic N) is 1. The molecular weight excluding hydrogens is 284 g/mol.